The third-order valence-electron chi connectivity index (χ3n) is 2.31. The largest absolute Gasteiger partial charge is 0.444 e. The van der Waals surface area contributed by atoms with Crippen LogP contribution in [0.3, 0.4) is 0 Å². The van der Waals surface area contributed by atoms with E-state index in [0.29, 0.717) is 5.92 Å². The lowest BCUT2D eigenvalue weighted by Gasteiger charge is -2.32. The Bertz CT molecular complexity index is 208. The number of rotatable bonds is 0. The van der Waals surface area contributed by atoms with Gasteiger partial charge in [0.15, 0.2) is 0 Å². The van der Waals surface area contributed by atoms with Crippen molar-refractivity contribution in [1.82, 2.24) is 4.90 Å². The van der Waals surface area contributed by atoms with Crippen LogP contribution in [-0.2, 0) is 4.74 Å². The van der Waals surface area contributed by atoms with Gasteiger partial charge in [0.1, 0.15) is 5.60 Å². The number of nitrogens with zero attached hydrogens (tertiary/aromatic N) is 1. The molecule has 82 valence electrons. The molecule has 1 aliphatic rings. The predicted molar refractivity (Wildman–Crippen MR) is 56.2 cm³/mol. The van der Waals surface area contributed by atoms with E-state index in [4.69, 9.17) is 4.74 Å². The standard InChI is InChI=1S/C11H21NO2/c1-9-6-5-7-12(8-9)10(13)14-11(2,3)4/h9H,5-8H2,1-4H3. The second kappa shape index (κ2) is 4.20. The fraction of sp³-hybridized carbons (Fsp3) is 0.909. The predicted octanol–water partition coefficient (Wildman–Crippen LogP) is 2.65. The van der Waals surface area contributed by atoms with E-state index in [1.165, 1.54) is 6.42 Å². The summed E-state index contributed by atoms with van der Waals surface area (Å²) in [6, 6.07) is 0. The molecule has 0 saturated carbocycles. The van der Waals surface area contributed by atoms with E-state index in [0.717, 1.165) is 19.5 Å². The van der Waals surface area contributed by atoms with Crippen molar-refractivity contribution in [3.05, 3.63) is 0 Å². The summed E-state index contributed by atoms with van der Waals surface area (Å²) in [6.45, 7) is 9.57. The van der Waals surface area contributed by atoms with Crippen molar-refractivity contribution in [2.45, 2.75) is 46.1 Å². The van der Waals surface area contributed by atoms with Crippen molar-refractivity contribution < 1.29 is 9.53 Å². The van der Waals surface area contributed by atoms with Crippen molar-refractivity contribution in [1.29, 1.82) is 0 Å². The maximum atomic E-state index is 11.7. The topological polar surface area (TPSA) is 29.5 Å². The molecule has 1 saturated heterocycles. The van der Waals surface area contributed by atoms with Gasteiger partial charge in [0, 0.05) is 13.1 Å². The Hall–Kier alpha value is -0.730. The zero-order valence-corrected chi connectivity index (χ0v) is 9.67. The molecule has 1 aliphatic heterocycles. The zero-order valence-electron chi connectivity index (χ0n) is 9.67. The maximum absolute atomic E-state index is 11.7. The van der Waals surface area contributed by atoms with Crippen molar-refractivity contribution in [3.8, 4) is 0 Å². The van der Waals surface area contributed by atoms with Crippen LogP contribution in [0.5, 0.6) is 0 Å². The number of carbonyl (C=O) groups excluding carboxylic acids is 1. The highest BCUT2D eigenvalue weighted by atomic mass is 16.6. The summed E-state index contributed by atoms with van der Waals surface area (Å²) in [7, 11) is 0. The first-order valence-corrected chi connectivity index (χ1v) is 5.36. The van der Waals surface area contributed by atoms with Gasteiger partial charge in [0.05, 0.1) is 0 Å². The van der Waals surface area contributed by atoms with Crippen molar-refractivity contribution in [2.75, 3.05) is 13.1 Å². The lowest BCUT2D eigenvalue weighted by Crippen LogP contribution is -2.42. The Morgan fingerprint density at radius 2 is 2.07 bits per heavy atom. The summed E-state index contributed by atoms with van der Waals surface area (Å²) in [6.07, 6.45) is 2.16. The van der Waals surface area contributed by atoms with Gasteiger partial charge in [-0.05, 0) is 39.5 Å². The van der Waals surface area contributed by atoms with Crippen LogP contribution in [0.4, 0.5) is 4.79 Å². The van der Waals surface area contributed by atoms with E-state index in [1.807, 2.05) is 25.7 Å². The lowest BCUT2D eigenvalue weighted by atomic mass is 10.0. The van der Waals surface area contributed by atoms with Crippen LogP contribution in [0.15, 0.2) is 0 Å². The molecule has 0 aromatic carbocycles. The average Bonchev–Trinajstić information content (AvgIpc) is 2.01. The number of amides is 1. The lowest BCUT2D eigenvalue weighted by molar-refractivity contribution is 0.0174. The molecule has 0 radical (unpaired) electrons. The summed E-state index contributed by atoms with van der Waals surface area (Å²) in [5.74, 6) is 0.608. The van der Waals surface area contributed by atoms with Crippen molar-refractivity contribution >= 4 is 6.09 Å². The number of hydrogen-bond acceptors (Lipinski definition) is 2. The number of hydrogen-bond donors (Lipinski definition) is 0. The molecule has 0 N–H and O–H groups in total. The van der Waals surface area contributed by atoms with Crippen LogP contribution in [0.1, 0.15) is 40.5 Å². The van der Waals surface area contributed by atoms with Gasteiger partial charge in [-0.2, -0.15) is 0 Å². The van der Waals surface area contributed by atoms with Gasteiger partial charge >= 0.3 is 6.09 Å². The van der Waals surface area contributed by atoms with E-state index in [2.05, 4.69) is 6.92 Å². The highest BCUT2D eigenvalue weighted by molar-refractivity contribution is 5.68. The van der Waals surface area contributed by atoms with E-state index in [1.54, 1.807) is 0 Å². The summed E-state index contributed by atoms with van der Waals surface area (Å²) >= 11 is 0. The highest BCUT2D eigenvalue weighted by Gasteiger charge is 2.25. The Morgan fingerprint density at radius 1 is 1.43 bits per heavy atom. The minimum Gasteiger partial charge on any atom is -0.444 e. The number of carbonyl (C=O) groups is 1. The molecule has 1 heterocycles. The van der Waals surface area contributed by atoms with Crippen LogP contribution in [0.2, 0.25) is 0 Å². The summed E-state index contributed by atoms with van der Waals surface area (Å²) in [5, 5.41) is 0. The fourth-order valence-electron chi connectivity index (χ4n) is 1.68. The minimum absolute atomic E-state index is 0.163. The molecule has 0 bridgehead atoms. The quantitative estimate of drug-likeness (QED) is 0.600. The Morgan fingerprint density at radius 3 is 2.57 bits per heavy atom. The van der Waals surface area contributed by atoms with E-state index < -0.39 is 0 Å². The Balaban J connectivity index is 2.44. The highest BCUT2D eigenvalue weighted by Crippen LogP contribution is 2.18. The Labute approximate surface area is 86.4 Å². The van der Waals surface area contributed by atoms with Gasteiger partial charge in [-0.3, -0.25) is 0 Å². The second-order valence-corrected chi connectivity index (χ2v) is 5.17. The molecule has 1 rings (SSSR count). The smallest absolute Gasteiger partial charge is 0.410 e. The monoisotopic (exact) mass is 199 g/mol. The van der Waals surface area contributed by atoms with Crippen molar-refractivity contribution in [3.63, 3.8) is 0 Å². The molecular weight excluding hydrogens is 178 g/mol. The molecule has 14 heavy (non-hydrogen) atoms. The van der Waals surface area contributed by atoms with Crippen LogP contribution in [0.25, 0.3) is 0 Å². The molecule has 0 aliphatic carbocycles. The molecule has 3 heteroatoms. The molecule has 0 aromatic heterocycles. The maximum Gasteiger partial charge on any atom is 0.410 e. The second-order valence-electron chi connectivity index (χ2n) is 5.17. The molecular formula is C11H21NO2. The van der Waals surface area contributed by atoms with Gasteiger partial charge in [-0.1, -0.05) is 6.92 Å². The van der Waals surface area contributed by atoms with Gasteiger partial charge in [0.25, 0.3) is 0 Å². The van der Waals surface area contributed by atoms with Gasteiger partial charge in [0.2, 0.25) is 0 Å². The van der Waals surface area contributed by atoms with Gasteiger partial charge in [-0.25, -0.2) is 4.79 Å². The summed E-state index contributed by atoms with van der Waals surface area (Å²) in [4.78, 5) is 13.5. The first-order chi connectivity index (χ1) is 6.38. The Kier molecular flexibility index (Phi) is 3.40. The first-order valence-electron chi connectivity index (χ1n) is 5.36. The number of piperidine rings is 1. The molecule has 1 atom stereocenters. The van der Waals surface area contributed by atoms with Crippen LogP contribution >= 0.6 is 0 Å². The normalized spacial score (nSPS) is 23.4. The number of ether oxygens (including phenoxy) is 1. The number of likely N-dealkylation sites (tertiary alicyclic amines) is 1. The summed E-state index contributed by atoms with van der Waals surface area (Å²) < 4.78 is 5.31. The molecule has 0 spiro atoms. The fourth-order valence-corrected chi connectivity index (χ4v) is 1.68. The van der Waals surface area contributed by atoms with Gasteiger partial charge < -0.3 is 9.64 Å². The van der Waals surface area contributed by atoms with Crippen LogP contribution in [0, 0.1) is 5.92 Å². The SMILES string of the molecule is CC1CCCN(C(=O)OC(C)(C)C)C1. The van der Waals surface area contributed by atoms with Crippen molar-refractivity contribution in [2.24, 2.45) is 5.92 Å². The van der Waals surface area contributed by atoms with E-state index in [-0.39, 0.29) is 11.7 Å². The minimum atomic E-state index is -0.377. The van der Waals surface area contributed by atoms with Crippen LogP contribution < -0.4 is 0 Å². The van der Waals surface area contributed by atoms with Gasteiger partial charge in [-0.15, -0.1) is 0 Å². The average molecular weight is 199 g/mol. The molecule has 1 fully saturated rings. The van der Waals surface area contributed by atoms with E-state index in [9.17, 15) is 4.79 Å². The zero-order chi connectivity index (χ0) is 10.8. The molecule has 1 amide bonds. The molecule has 3 nitrogen and oxygen atoms in total. The third kappa shape index (κ3) is 3.56. The van der Waals surface area contributed by atoms with E-state index >= 15 is 0 Å². The molecule has 0 aromatic rings. The summed E-state index contributed by atoms with van der Waals surface area (Å²) in [5.41, 5.74) is -0.377. The first kappa shape index (κ1) is 11.3. The molecule has 1 unspecified atom stereocenters. The third-order valence-corrected chi connectivity index (χ3v) is 2.31. The van der Waals surface area contributed by atoms with Crippen LogP contribution in [-0.4, -0.2) is 29.7 Å².